The van der Waals surface area contributed by atoms with E-state index in [4.69, 9.17) is 9.84 Å². The zero-order valence-corrected chi connectivity index (χ0v) is 10.4. The summed E-state index contributed by atoms with van der Waals surface area (Å²) in [5.74, 6) is -2.07. The van der Waals surface area contributed by atoms with Crippen molar-refractivity contribution < 1.29 is 24.5 Å². The average molecular weight is 265 g/mol. The molecule has 19 heavy (non-hydrogen) atoms. The van der Waals surface area contributed by atoms with Crippen LogP contribution in [0.1, 0.15) is 30.1 Å². The highest BCUT2D eigenvalue weighted by atomic mass is 16.5. The Morgan fingerprint density at radius 2 is 2.11 bits per heavy atom. The van der Waals surface area contributed by atoms with Gasteiger partial charge in [0, 0.05) is 0 Å². The number of anilines is 1. The smallest absolute Gasteiger partial charge is 0.339 e. The Bertz CT molecular complexity index is 514. The fourth-order valence-corrected chi connectivity index (χ4v) is 2.03. The lowest BCUT2D eigenvalue weighted by molar-refractivity contribution is -0.126. The highest BCUT2D eigenvalue weighted by molar-refractivity contribution is 5.99. The number of carbonyl (C=O) groups is 2. The van der Waals surface area contributed by atoms with Gasteiger partial charge in [-0.1, -0.05) is 6.07 Å². The summed E-state index contributed by atoms with van der Waals surface area (Å²) < 4.78 is 5.40. The minimum absolute atomic E-state index is 0.0368. The summed E-state index contributed by atoms with van der Waals surface area (Å²) in [7, 11) is 0. The summed E-state index contributed by atoms with van der Waals surface area (Å²) in [5.41, 5.74) is -0.174. The third-order valence-corrected chi connectivity index (χ3v) is 3.05. The molecule has 0 aromatic heterocycles. The molecule has 3 N–H and O–H groups in total. The van der Waals surface area contributed by atoms with Crippen LogP contribution in [0.3, 0.4) is 0 Å². The number of rotatable bonds is 3. The van der Waals surface area contributed by atoms with Gasteiger partial charge in [0.25, 0.3) is 5.91 Å². The van der Waals surface area contributed by atoms with Crippen LogP contribution in [0.15, 0.2) is 18.2 Å². The minimum atomic E-state index is -1.25. The third-order valence-electron chi connectivity index (χ3n) is 3.05. The molecular weight excluding hydrogens is 250 g/mol. The Morgan fingerprint density at radius 1 is 1.37 bits per heavy atom. The molecule has 0 saturated carbocycles. The number of aromatic carboxylic acids is 1. The molecule has 2 unspecified atom stereocenters. The van der Waals surface area contributed by atoms with E-state index in [9.17, 15) is 14.7 Å². The molecule has 6 nitrogen and oxygen atoms in total. The van der Waals surface area contributed by atoms with Gasteiger partial charge < -0.3 is 20.3 Å². The van der Waals surface area contributed by atoms with Crippen molar-refractivity contribution in [3.8, 4) is 5.75 Å². The highest BCUT2D eigenvalue weighted by Gasteiger charge is 2.28. The van der Waals surface area contributed by atoms with Crippen LogP contribution in [0.2, 0.25) is 0 Å². The van der Waals surface area contributed by atoms with E-state index >= 15 is 0 Å². The van der Waals surface area contributed by atoms with Crippen molar-refractivity contribution in [2.75, 3.05) is 5.32 Å². The number of hydrogen-bond donors (Lipinski definition) is 3. The van der Waals surface area contributed by atoms with E-state index in [0.29, 0.717) is 6.42 Å². The van der Waals surface area contributed by atoms with Crippen LogP contribution in [0.25, 0.3) is 0 Å². The minimum Gasteiger partial charge on any atom is -0.505 e. The summed E-state index contributed by atoms with van der Waals surface area (Å²) in [6, 6.07) is 4.16. The van der Waals surface area contributed by atoms with Crippen LogP contribution in [0.4, 0.5) is 5.69 Å². The van der Waals surface area contributed by atoms with Crippen molar-refractivity contribution in [2.24, 2.45) is 0 Å². The SMILES string of the molecule is CC1CCC(C(=O)Nc2cccc(C(=O)O)c2O)O1. The van der Waals surface area contributed by atoms with Crippen molar-refractivity contribution in [1.82, 2.24) is 0 Å². The van der Waals surface area contributed by atoms with E-state index in [0.717, 1.165) is 6.42 Å². The fraction of sp³-hybridized carbons (Fsp3) is 0.385. The van der Waals surface area contributed by atoms with Gasteiger partial charge in [-0.2, -0.15) is 0 Å². The average Bonchev–Trinajstić information content (AvgIpc) is 2.78. The van der Waals surface area contributed by atoms with Crippen molar-refractivity contribution in [1.29, 1.82) is 0 Å². The molecule has 0 radical (unpaired) electrons. The zero-order valence-electron chi connectivity index (χ0n) is 10.4. The number of carboxylic acid groups (broad SMARTS) is 1. The lowest BCUT2D eigenvalue weighted by Gasteiger charge is -2.13. The quantitative estimate of drug-likeness (QED) is 0.721. The van der Waals surface area contributed by atoms with Crippen LogP contribution >= 0.6 is 0 Å². The molecule has 102 valence electrons. The van der Waals surface area contributed by atoms with Gasteiger partial charge in [-0.05, 0) is 31.9 Å². The van der Waals surface area contributed by atoms with Gasteiger partial charge in [0.2, 0.25) is 0 Å². The van der Waals surface area contributed by atoms with Crippen LogP contribution in [-0.2, 0) is 9.53 Å². The molecule has 0 aliphatic carbocycles. The Balaban J connectivity index is 2.13. The number of para-hydroxylation sites is 1. The normalized spacial score (nSPS) is 22.2. The summed E-state index contributed by atoms with van der Waals surface area (Å²) in [6.07, 6.45) is 0.906. The molecule has 1 fully saturated rings. The lowest BCUT2D eigenvalue weighted by atomic mass is 10.1. The largest absolute Gasteiger partial charge is 0.505 e. The fourth-order valence-electron chi connectivity index (χ4n) is 2.03. The summed E-state index contributed by atoms with van der Waals surface area (Å²) in [4.78, 5) is 22.8. The standard InChI is InChI=1S/C13H15NO5/c1-7-5-6-10(19-7)12(16)14-9-4-2-3-8(11(9)15)13(17)18/h2-4,7,10,15H,5-6H2,1H3,(H,14,16)(H,17,18). The monoisotopic (exact) mass is 265 g/mol. The van der Waals surface area contributed by atoms with Gasteiger partial charge in [-0.15, -0.1) is 0 Å². The molecule has 1 aliphatic heterocycles. The molecule has 2 atom stereocenters. The number of aromatic hydroxyl groups is 1. The maximum atomic E-state index is 11.9. The molecule has 0 spiro atoms. The number of amides is 1. The number of hydrogen-bond acceptors (Lipinski definition) is 4. The molecule has 1 aromatic rings. The number of phenols is 1. The molecule has 1 heterocycles. The third kappa shape index (κ3) is 2.85. The second-order valence-corrected chi connectivity index (χ2v) is 4.51. The number of carboxylic acids is 1. The van der Waals surface area contributed by atoms with E-state index in [2.05, 4.69) is 5.32 Å². The second-order valence-electron chi connectivity index (χ2n) is 4.51. The van der Waals surface area contributed by atoms with Crippen LogP contribution in [0.5, 0.6) is 5.75 Å². The van der Waals surface area contributed by atoms with Gasteiger partial charge in [0.05, 0.1) is 11.8 Å². The van der Waals surface area contributed by atoms with E-state index in [-0.39, 0.29) is 23.3 Å². The molecular formula is C13H15NO5. The number of carbonyl (C=O) groups excluding carboxylic acids is 1. The molecule has 0 bridgehead atoms. The number of benzene rings is 1. The van der Waals surface area contributed by atoms with Crippen molar-refractivity contribution >= 4 is 17.6 Å². The van der Waals surface area contributed by atoms with Gasteiger partial charge >= 0.3 is 5.97 Å². The van der Waals surface area contributed by atoms with E-state index in [1.54, 1.807) is 0 Å². The van der Waals surface area contributed by atoms with Crippen molar-refractivity contribution in [3.63, 3.8) is 0 Å². The van der Waals surface area contributed by atoms with Crippen molar-refractivity contribution in [3.05, 3.63) is 23.8 Å². The first-order valence-corrected chi connectivity index (χ1v) is 6.00. The number of ether oxygens (including phenoxy) is 1. The molecule has 2 rings (SSSR count). The molecule has 6 heteroatoms. The van der Waals surface area contributed by atoms with Gasteiger partial charge in [-0.3, -0.25) is 4.79 Å². The van der Waals surface area contributed by atoms with E-state index in [1.165, 1.54) is 18.2 Å². The van der Waals surface area contributed by atoms with Crippen LogP contribution < -0.4 is 5.32 Å². The lowest BCUT2D eigenvalue weighted by Crippen LogP contribution is -2.27. The maximum Gasteiger partial charge on any atom is 0.339 e. The van der Waals surface area contributed by atoms with Gasteiger partial charge in [-0.25, -0.2) is 4.79 Å². The number of nitrogens with one attached hydrogen (secondary N) is 1. The Hall–Kier alpha value is -2.08. The first kappa shape index (κ1) is 13.4. The molecule has 1 aliphatic rings. The van der Waals surface area contributed by atoms with Gasteiger partial charge in [0.15, 0.2) is 5.75 Å². The van der Waals surface area contributed by atoms with Crippen LogP contribution in [0, 0.1) is 0 Å². The van der Waals surface area contributed by atoms with Crippen molar-refractivity contribution in [2.45, 2.75) is 32.0 Å². The first-order valence-electron chi connectivity index (χ1n) is 6.00. The topological polar surface area (TPSA) is 95.9 Å². The highest BCUT2D eigenvalue weighted by Crippen LogP contribution is 2.28. The van der Waals surface area contributed by atoms with Gasteiger partial charge in [0.1, 0.15) is 11.7 Å². The van der Waals surface area contributed by atoms with E-state index < -0.39 is 17.8 Å². The predicted molar refractivity (Wildman–Crippen MR) is 67.3 cm³/mol. The second kappa shape index (κ2) is 5.27. The summed E-state index contributed by atoms with van der Waals surface area (Å²) >= 11 is 0. The molecule has 1 amide bonds. The Labute approximate surface area is 110 Å². The van der Waals surface area contributed by atoms with E-state index in [1.807, 2.05) is 6.92 Å². The Kier molecular flexibility index (Phi) is 3.71. The molecule has 1 aromatic carbocycles. The summed E-state index contributed by atoms with van der Waals surface area (Å²) in [5, 5.41) is 21.1. The first-order chi connectivity index (χ1) is 8.99. The summed E-state index contributed by atoms with van der Waals surface area (Å²) in [6.45, 7) is 1.88. The molecule has 1 saturated heterocycles. The zero-order chi connectivity index (χ0) is 14.0. The Morgan fingerprint density at radius 3 is 2.68 bits per heavy atom. The van der Waals surface area contributed by atoms with Crippen LogP contribution in [-0.4, -0.2) is 34.3 Å². The predicted octanol–water partition coefficient (Wildman–Crippen LogP) is 1.60. The maximum absolute atomic E-state index is 11.9.